The molecule has 17 heavy (non-hydrogen) atoms. The van der Waals surface area contributed by atoms with Crippen molar-refractivity contribution < 1.29 is 9.84 Å². The van der Waals surface area contributed by atoms with Crippen LogP contribution >= 0.6 is 0 Å². The lowest BCUT2D eigenvalue weighted by Crippen LogP contribution is -2.58. The minimum Gasteiger partial charge on any atom is -0.394 e. The van der Waals surface area contributed by atoms with Crippen LogP contribution in [0.3, 0.4) is 0 Å². The zero-order valence-corrected chi connectivity index (χ0v) is 11.5. The maximum absolute atomic E-state index is 9.77. The van der Waals surface area contributed by atoms with Gasteiger partial charge < -0.3 is 15.2 Å². The minimum absolute atomic E-state index is 0.0987. The van der Waals surface area contributed by atoms with Gasteiger partial charge in [-0.1, -0.05) is 13.8 Å². The number of hydrogen-bond acceptors (Lipinski definition) is 4. The number of ether oxygens (including phenoxy) is 1. The van der Waals surface area contributed by atoms with Crippen LogP contribution in [0.25, 0.3) is 0 Å². The quantitative estimate of drug-likeness (QED) is 0.594. The van der Waals surface area contributed by atoms with E-state index in [0.717, 1.165) is 32.8 Å². The van der Waals surface area contributed by atoms with Crippen LogP contribution in [-0.2, 0) is 4.74 Å². The van der Waals surface area contributed by atoms with Crippen molar-refractivity contribution in [1.29, 1.82) is 0 Å². The van der Waals surface area contributed by atoms with Crippen molar-refractivity contribution in [2.75, 3.05) is 46.5 Å². The Morgan fingerprint density at radius 3 is 2.53 bits per heavy atom. The number of hydrogen-bond donors (Lipinski definition) is 2. The van der Waals surface area contributed by atoms with E-state index in [9.17, 15) is 5.11 Å². The van der Waals surface area contributed by atoms with E-state index in [-0.39, 0.29) is 12.1 Å². The molecular weight excluding hydrogens is 216 g/mol. The van der Waals surface area contributed by atoms with E-state index in [1.54, 1.807) is 7.11 Å². The number of nitrogens with zero attached hydrogens (tertiary/aromatic N) is 1. The van der Waals surface area contributed by atoms with Crippen molar-refractivity contribution in [2.24, 2.45) is 5.92 Å². The standard InChI is InChI=1S/C13H28N2O2/c1-4-14-13(11-16,12-6-7-12)10-15(5-2)8-9-17-3/h12,14,16H,4-11H2,1-3H3. The Morgan fingerprint density at radius 1 is 1.41 bits per heavy atom. The smallest absolute Gasteiger partial charge is 0.0628 e. The molecule has 0 aromatic heterocycles. The molecule has 4 nitrogen and oxygen atoms in total. The fourth-order valence-electron chi connectivity index (χ4n) is 2.52. The lowest BCUT2D eigenvalue weighted by atomic mass is 9.93. The molecule has 0 amide bonds. The minimum atomic E-state index is -0.0987. The summed E-state index contributed by atoms with van der Waals surface area (Å²) in [5.74, 6) is 0.643. The third-order valence-corrected chi connectivity index (χ3v) is 3.73. The summed E-state index contributed by atoms with van der Waals surface area (Å²) in [6.07, 6.45) is 2.49. The molecule has 0 spiro atoms. The molecule has 0 aliphatic heterocycles. The number of aliphatic hydroxyl groups is 1. The average Bonchev–Trinajstić information content (AvgIpc) is 3.17. The molecule has 1 fully saturated rings. The second-order valence-electron chi connectivity index (χ2n) is 4.98. The average molecular weight is 244 g/mol. The first-order valence-corrected chi connectivity index (χ1v) is 6.79. The molecular formula is C13H28N2O2. The van der Waals surface area contributed by atoms with Gasteiger partial charge in [-0.05, 0) is 31.8 Å². The second-order valence-corrected chi connectivity index (χ2v) is 4.98. The zero-order valence-electron chi connectivity index (χ0n) is 11.5. The highest BCUT2D eigenvalue weighted by molar-refractivity contribution is 5.02. The summed E-state index contributed by atoms with van der Waals surface area (Å²) < 4.78 is 5.13. The van der Waals surface area contributed by atoms with Gasteiger partial charge in [0.05, 0.1) is 18.8 Å². The monoisotopic (exact) mass is 244 g/mol. The SMILES string of the molecule is CCNC(CO)(CN(CC)CCOC)C1CC1. The van der Waals surface area contributed by atoms with E-state index in [1.165, 1.54) is 12.8 Å². The Balaban J connectivity index is 2.56. The number of methoxy groups -OCH3 is 1. The first-order valence-electron chi connectivity index (χ1n) is 6.79. The first kappa shape index (κ1) is 14.9. The van der Waals surface area contributed by atoms with E-state index in [4.69, 9.17) is 4.74 Å². The Kier molecular flexibility index (Phi) is 6.41. The van der Waals surface area contributed by atoms with Crippen molar-refractivity contribution in [3.63, 3.8) is 0 Å². The molecule has 0 aromatic rings. The van der Waals surface area contributed by atoms with Gasteiger partial charge in [0.25, 0.3) is 0 Å². The molecule has 1 rings (SSSR count). The highest BCUT2D eigenvalue weighted by atomic mass is 16.5. The summed E-state index contributed by atoms with van der Waals surface area (Å²) >= 11 is 0. The van der Waals surface area contributed by atoms with Gasteiger partial charge in [-0.25, -0.2) is 0 Å². The molecule has 0 aromatic carbocycles. The summed E-state index contributed by atoms with van der Waals surface area (Å²) in [6.45, 7) is 9.03. The molecule has 0 bridgehead atoms. The molecule has 1 atom stereocenters. The van der Waals surface area contributed by atoms with Crippen LogP contribution in [0.5, 0.6) is 0 Å². The highest BCUT2D eigenvalue weighted by Crippen LogP contribution is 2.40. The van der Waals surface area contributed by atoms with Crippen LogP contribution in [0.4, 0.5) is 0 Å². The van der Waals surface area contributed by atoms with Crippen molar-refractivity contribution >= 4 is 0 Å². The summed E-state index contributed by atoms with van der Waals surface area (Å²) in [7, 11) is 1.73. The zero-order chi connectivity index (χ0) is 12.7. The summed E-state index contributed by atoms with van der Waals surface area (Å²) in [5, 5.41) is 13.3. The third-order valence-electron chi connectivity index (χ3n) is 3.73. The molecule has 1 unspecified atom stereocenters. The highest BCUT2D eigenvalue weighted by Gasteiger charge is 2.44. The normalized spacial score (nSPS) is 19.6. The van der Waals surface area contributed by atoms with Gasteiger partial charge in [-0.3, -0.25) is 4.90 Å². The van der Waals surface area contributed by atoms with E-state index in [1.807, 2.05) is 0 Å². The van der Waals surface area contributed by atoms with E-state index >= 15 is 0 Å². The van der Waals surface area contributed by atoms with Crippen LogP contribution < -0.4 is 5.32 Å². The van der Waals surface area contributed by atoms with Gasteiger partial charge in [0.1, 0.15) is 0 Å². The number of aliphatic hydroxyl groups excluding tert-OH is 1. The Labute approximate surface area is 105 Å². The Morgan fingerprint density at radius 2 is 2.12 bits per heavy atom. The van der Waals surface area contributed by atoms with Gasteiger partial charge in [-0.15, -0.1) is 0 Å². The fourth-order valence-corrected chi connectivity index (χ4v) is 2.52. The van der Waals surface area contributed by atoms with Gasteiger partial charge >= 0.3 is 0 Å². The van der Waals surface area contributed by atoms with Crippen LogP contribution in [-0.4, -0.2) is 62.0 Å². The summed E-state index contributed by atoms with van der Waals surface area (Å²) in [6, 6.07) is 0. The predicted molar refractivity (Wildman–Crippen MR) is 70.2 cm³/mol. The lowest BCUT2D eigenvalue weighted by molar-refractivity contribution is 0.0775. The predicted octanol–water partition coefficient (Wildman–Crippen LogP) is 0.705. The van der Waals surface area contributed by atoms with Crippen LogP contribution in [0.15, 0.2) is 0 Å². The topological polar surface area (TPSA) is 44.7 Å². The van der Waals surface area contributed by atoms with Crippen molar-refractivity contribution in [3.05, 3.63) is 0 Å². The number of likely N-dealkylation sites (N-methyl/N-ethyl adjacent to an activating group) is 2. The van der Waals surface area contributed by atoms with E-state index < -0.39 is 0 Å². The summed E-state index contributed by atoms with van der Waals surface area (Å²) in [5.41, 5.74) is -0.0987. The van der Waals surface area contributed by atoms with Crippen molar-refractivity contribution in [2.45, 2.75) is 32.2 Å². The Bertz CT molecular complexity index is 210. The van der Waals surface area contributed by atoms with Crippen molar-refractivity contribution in [1.82, 2.24) is 10.2 Å². The molecule has 1 aliphatic carbocycles. The molecule has 102 valence electrons. The van der Waals surface area contributed by atoms with Crippen LogP contribution in [0, 0.1) is 5.92 Å². The maximum Gasteiger partial charge on any atom is 0.0628 e. The molecule has 0 saturated heterocycles. The Hall–Kier alpha value is -0.160. The number of rotatable bonds is 10. The van der Waals surface area contributed by atoms with Gasteiger partial charge in [0.2, 0.25) is 0 Å². The molecule has 1 aliphatic rings. The summed E-state index contributed by atoms with van der Waals surface area (Å²) in [4.78, 5) is 2.36. The van der Waals surface area contributed by atoms with Gasteiger partial charge in [-0.2, -0.15) is 0 Å². The van der Waals surface area contributed by atoms with E-state index in [0.29, 0.717) is 5.92 Å². The maximum atomic E-state index is 9.77. The molecule has 0 radical (unpaired) electrons. The van der Waals surface area contributed by atoms with E-state index in [2.05, 4.69) is 24.1 Å². The third kappa shape index (κ3) is 4.21. The molecule has 2 N–H and O–H groups in total. The van der Waals surface area contributed by atoms with Crippen LogP contribution in [0.1, 0.15) is 26.7 Å². The first-order chi connectivity index (χ1) is 8.22. The van der Waals surface area contributed by atoms with Gasteiger partial charge in [0, 0.05) is 20.2 Å². The van der Waals surface area contributed by atoms with Crippen molar-refractivity contribution in [3.8, 4) is 0 Å². The second kappa shape index (κ2) is 7.31. The molecule has 0 heterocycles. The largest absolute Gasteiger partial charge is 0.394 e. The van der Waals surface area contributed by atoms with Crippen LogP contribution in [0.2, 0.25) is 0 Å². The fraction of sp³-hybridized carbons (Fsp3) is 1.00. The molecule has 4 heteroatoms. The molecule has 1 saturated carbocycles. The van der Waals surface area contributed by atoms with Gasteiger partial charge in [0.15, 0.2) is 0 Å². The lowest BCUT2D eigenvalue weighted by Gasteiger charge is -2.38. The number of nitrogens with one attached hydrogen (secondary N) is 1.